The van der Waals surface area contributed by atoms with E-state index in [9.17, 15) is 15.0 Å². The summed E-state index contributed by atoms with van der Waals surface area (Å²) in [5, 5.41) is 21.3. The van der Waals surface area contributed by atoms with Gasteiger partial charge in [0.1, 0.15) is 11.5 Å². The monoisotopic (exact) mass is 272 g/mol. The number of amides is 1. The predicted octanol–water partition coefficient (Wildman–Crippen LogP) is 1.61. The third-order valence-electron chi connectivity index (χ3n) is 2.89. The molecule has 0 saturated carbocycles. The van der Waals surface area contributed by atoms with E-state index in [0.717, 1.165) is 5.56 Å². The van der Waals surface area contributed by atoms with Crippen LogP contribution in [0.4, 0.5) is 5.69 Å². The summed E-state index contributed by atoms with van der Waals surface area (Å²) in [6.07, 6.45) is 0.347. The highest BCUT2D eigenvalue weighted by atomic mass is 16.3. The summed E-state index contributed by atoms with van der Waals surface area (Å²) >= 11 is 0. The molecule has 0 heterocycles. The summed E-state index contributed by atoms with van der Waals surface area (Å²) in [7, 11) is 0. The Morgan fingerprint density at radius 1 is 1.10 bits per heavy atom. The Balaban J connectivity index is 1.99. The Hall–Kier alpha value is -2.53. The van der Waals surface area contributed by atoms with E-state index in [-0.39, 0.29) is 17.4 Å². The van der Waals surface area contributed by atoms with Gasteiger partial charge in [0.25, 0.3) is 0 Å². The number of carbonyl (C=O) groups is 1. The van der Waals surface area contributed by atoms with Gasteiger partial charge in [0.2, 0.25) is 5.91 Å². The number of phenolic OH excluding ortho intramolecular Hbond substituents is 2. The van der Waals surface area contributed by atoms with Gasteiger partial charge in [-0.1, -0.05) is 24.3 Å². The van der Waals surface area contributed by atoms with Crippen LogP contribution in [0.2, 0.25) is 0 Å². The average Bonchev–Trinajstić information content (AvgIpc) is 2.44. The molecule has 5 heteroatoms. The average molecular weight is 272 g/mol. The van der Waals surface area contributed by atoms with E-state index < -0.39 is 6.04 Å². The van der Waals surface area contributed by atoms with Crippen LogP contribution in [0.25, 0.3) is 0 Å². The second kappa shape index (κ2) is 6.08. The first-order valence-corrected chi connectivity index (χ1v) is 6.18. The van der Waals surface area contributed by atoms with Crippen LogP contribution in [0, 0.1) is 0 Å². The number of benzene rings is 2. The summed E-state index contributed by atoms with van der Waals surface area (Å²) < 4.78 is 0. The molecule has 0 unspecified atom stereocenters. The van der Waals surface area contributed by atoms with Crippen molar-refractivity contribution in [3.8, 4) is 11.5 Å². The van der Waals surface area contributed by atoms with Gasteiger partial charge in [-0.05, 0) is 36.2 Å². The Kier molecular flexibility index (Phi) is 4.22. The molecule has 5 N–H and O–H groups in total. The number of hydrogen-bond acceptors (Lipinski definition) is 4. The molecule has 1 amide bonds. The molecule has 104 valence electrons. The van der Waals surface area contributed by atoms with Crippen molar-refractivity contribution < 1.29 is 15.0 Å². The van der Waals surface area contributed by atoms with Crippen molar-refractivity contribution in [2.45, 2.75) is 12.5 Å². The van der Waals surface area contributed by atoms with Crippen LogP contribution < -0.4 is 11.1 Å². The lowest BCUT2D eigenvalue weighted by Gasteiger charge is -2.13. The van der Waals surface area contributed by atoms with Crippen LogP contribution in [0.3, 0.4) is 0 Å². The lowest BCUT2D eigenvalue weighted by molar-refractivity contribution is -0.117. The van der Waals surface area contributed by atoms with Gasteiger partial charge in [-0.15, -0.1) is 0 Å². The standard InChI is InChI=1S/C15H16N2O3/c16-12(9-10-5-7-11(18)8-6-10)15(20)17-13-3-1-2-4-14(13)19/h1-8,12,18-19H,9,16H2,(H,17,20)/t12-/m0/s1. The van der Waals surface area contributed by atoms with Gasteiger partial charge in [-0.2, -0.15) is 0 Å². The lowest BCUT2D eigenvalue weighted by Crippen LogP contribution is -2.37. The van der Waals surface area contributed by atoms with Crippen molar-refractivity contribution in [1.82, 2.24) is 0 Å². The molecule has 2 aromatic rings. The molecular formula is C15H16N2O3. The quantitative estimate of drug-likeness (QED) is 0.636. The summed E-state index contributed by atoms with van der Waals surface area (Å²) in [4.78, 5) is 11.9. The van der Waals surface area contributed by atoms with Crippen LogP contribution in [0.15, 0.2) is 48.5 Å². The predicted molar refractivity (Wildman–Crippen MR) is 76.5 cm³/mol. The highest BCUT2D eigenvalue weighted by Gasteiger charge is 2.15. The van der Waals surface area contributed by atoms with Crippen LogP contribution >= 0.6 is 0 Å². The number of carbonyl (C=O) groups excluding carboxylic acids is 1. The molecule has 0 aliphatic rings. The molecule has 0 fully saturated rings. The molecule has 0 aromatic heterocycles. The van der Waals surface area contributed by atoms with Crippen molar-refractivity contribution in [3.05, 3.63) is 54.1 Å². The minimum absolute atomic E-state index is 0.00214. The molecule has 1 atom stereocenters. The smallest absolute Gasteiger partial charge is 0.241 e. The molecule has 0 bridgehead atoms. The van der Waals surface area contributed by atoms with Crippen molar-refractivity contribution in [2.24, 2.45) is 5.73 Å². The zero-order valence-corrected chi connectivity index (χ0v) is 10.8. The second-order valence-electron chi connectivity index (χ2n) is 4.48. The Morgan fingerprint density at radius 3 is 2.40 bits per heavy atom. The van der Waals surface area contributed by atoms with Crippen LogP contribution in [-0.2, 0) is 11.2 Å². The number of aromatic hydroxyl groups is 2. The molecule has 0 aliphatic heterocycles. The van der Waals surface area contributed by atoms with Gasteiger partial charge in [0.15, 0.2) is 0 Å². The van der Waals surface area contributed by atoms with E-state index in [1.165, 1.54) is 6.07 Å². The number of hydrogen-bond donors (Lipinski definition) is 4. The zero-order chi connectivity index (χ0) is 14.5. The summed E-state index contributed by atoms with van der Waals surface area (Å²) in [6, 6.07) is 12.2. The maximum Gasteiger partial charge on any atom is 0.241 e. The number of rotatable bonds is 4. The van der Waals surface area contributed by atoms with E-state index >= 15 is 0 Å². The van der Waals surface area contributed by atoms with Crippen LogP contribution in [-0.4, -0.2) is 22.2 Å². The molecule has 2 rings (SSSR count). The third-order valence-corrected chi connectivity index (χ3v) is 2.89. The van der Waals surface area contributed by atoms with E-state index in [4.69, 9.17) is 5.73 Å². The van der Waals surface area contributed by atoms with Crippen molar-refractivity contribution in [2.75, 3.05) is 5.32 Å². The topological polar surface area (TPSA) is 95.6 Å². The minimum atomic E-state index is -0.737. The summed E-state index contributed by atoms with van der Waals surface area (Å²) in [5.74, 6) is -0.210. The molecular weight excluding hydrogens is 256 g/mol. The molecule has 0 saturated heterocycles. The zero-order valence-electron chi connectivity index (χ0n) is 10.8. The van der Waals surface area contributed by atoms with Crippen LogP contribution in [0.1, 0.15) is 5.56 Å². The maximum absolute atomic E-state index is 11.9. The summed E-state index contributed by atoms with van der Waals surface area (Å²) in [6.45, 7) is 0. The van der Waals surface area contributed by atoms with Gasteiger partial charge in [-0.3, -0.25) is 4.79 Å². The highest BCUT2D eigenvalue weighted by Crippen LogP contribution is 2.21. The molecule has 0 spiro atoms. The van der Waals surface area contributed by atoms with E-state index in [1.807, 2.05) is 0 Å². The fourth-order valence-corrected chi connectivity index (χ4v) is 1.78. The molecule has 20 heavy (non-hydrogen) atoms. The third kappa shape index (κ3) is 3.49. The van der Waals surface area contributed by atoms with Gasteiger partial charge in [-0.25, -0.2) is 0 Å². The lowest BCUT2D eigenvalue weighted by atomic mass is 10.1. The summed E-state index contributed by atoms with van der Waals surface area (Å²) in [5.41, 5.74) is 7.01. The Labute approximate surface area is 116 Å². The van der Waals surface area contributed by atoms with Gasteiger partial charge in [0, 0.05) is 0 Å². The maximum atomic E-state index is 11.9. The number of nitrogens with one attached hydrogen (secondary N) is 1. The molecule has 0 radical (unpaired) electrons. The molecule has 5 nitrogen and oxygen atoms in total. The van der Waals surface area contributed by atoms with E-state index in [2.05, 4.69) is 5.32 Å². The van der Waals surface area contributed by atoms with Gasteiger partial charge in [0.05, 0.1) is 11.7 Å². The Bertz CT molecular complexity index is 596. The van der Waals surface area contributed by atoms with Crippen molar-refractivity contribution in [3.63, 3.8) is 0 Å². The van der Waals surface area contributed by atoms with E-state index in [0.29, 0.717) is 12.1 Å². The number of phenols is 2. The van der Waals surface area contributed by atoms with Gasteiger partial charge < -0.3 is 21.3 Å². The van der Waals surface area contributed by atoms with Crippen LogP contribution in [0.5, 0.6) is 11.5 Å². The fraction of sp³-hybridized carbons (Fsp3) is 0.133. The normalized spacial score (nSPS) is 11.8. The first kappa shape index (κ1) is 13.9. The SMILES string of the molecule is N[C@@H](Cc1ccc(O)cc1)C(=O)Nc1ccccc1O. The second-order valence-corrected chi connectivity index (χ2v) is 4.48. The number of anilines is 1. The van der Waals surface area contributed by atoms with Crippen molar-refractivity contribution in [1.29, 1.82) is 0 Å². The fourth-order valence-electron chi connectivity index (χ4n) is 1.78. The molecule has 2 aromatic carbocycles. The number of nitrogens with two attached hydrogens (primary N) is 1. The minimum Gasteiger partial charge on any atom is -0.508 e. The van der Waals surface area contributed by atoms with E-state index in [1.54, 1.807) is 42.5 Å². The van der Waals surface area contributed by atoms with Gasteiger partial charge >= 0.3 is 0 Å². The highest BCUT2D eigenvalue weighted by molar-refractivity contribution is 5.96. The first-order chi connectivity index (χ1) is 9.56. The number of para-hydroxylation sites is 2. The Morgan fingerprint density at radius 2 is 1.75 bits per heavy atom. The van der Waals surface area contributed by atoms with Crippen molar-refractivity contribution >= 4 is 11.6 Å². The largest absolute Gasteiger partial charge is 0.508 e. The first-order valence-electron chi connectivity index (χ1n) is 6.18. The molecule has 0 aliphatic carbocycles.